The first kappa shape index (κ1) is 15.2. The van der Waals surface area contributed by atoms with Crippen LogP contribution in [0.3, 0.4) is 0 Å². The average molecular weight is 268 g/mol. The second-order valence-electron chi connectivity index (χ2n) is 5.12. The number of nitrogens with zero attached hydrogens (tertiary/aromatic N) is 2. The zero-order valence-corrected chi connectivity index (χ0v) is 11.5. The van der Waals surface area contributed by atoms with E-state index < -0.39 is 12.0 Å². The van der Waals surface area contributed by atoms with Gasteiger partial charge in [0.2, 0.25) is 11.8 Å². The third-order valence-corrected chi connectivity index (χ3v) is 3.37. The Morgan fingerprint density at radius 1 is 1.37 bits per heavy atom. The fourth-order valence-corrected chi connectivity index (χ4v) is 2.27. The molecule has 1 N–H and O–H groups in total. The predicted molar refractivity (Wildman–Crippen MR) is 69.3 cm³/mol. The molecule has 0 aliphatic carbocycles. The second-order valence-corrected chi connectivity index (χ2v) is 5.12. The van der Waals surface area contributed by atoms with E-state index in [4.69, 9.17) is 5.11 Å². The summed E-state index contributed by atoms with van der Waals surface area (Å²) in [5, 5.41) is 9.14. The van der Waals surface area contributed by atoms with Crippen LogP contribution in [0.4, 0.5) is 0 Å². The lowest BCUT2D eigenvalue weighted by Crippen LogP contribution is -2.58. The first-order chi connectivity index (χ1) is 8.79. The van der Waals surface area contributed by atoms with Crippen LogP contribution in [0.25, 0.3) is 0 Å². The number of hydrogen-bond acceptors (Lipinski definition) is 3. The minimum Gasteiger partial charge on any atom is -0.480 e. The fourth-order valence-electron chi connectivity index (χ4n) is 2.27. The van der Waals surface area contributed by atoms with E-state index in [-0.39, 0.29) is 23.7 Å². The van der Waals surface area contributed by atoms with E-state index in [1.807, 2.05) is 0 Å². The Morgan fingerprint density at radius 3 is 2.26 bits per heavy atom. The fraction of sp³-hybridized carbons (Fsp3) is 0.615. The lowest BCUT2D eigenvalue weighted by molar-refractivity contribution is -0.156. The summed E-state index contributed by atoms with van der Waals surface area (Å²) in [6, 6.07) is -0.836. The molecule has 0 spiro atoms. The van der Waals surface area contributed by atoms with Crippen LogP contribution in [0, 0.1) is 11.8 Å². The Hall–Kier alpha value is -1.85. The van der Waals surface area contributed by atoms with Crippen molar-refractivity contribution < 1.29 is 19.5 Å². The van der Waals surface area contributed by atoms with E-state index in [0.29, 0.717) is 13.1 Å². The third-order valence-electron chi connectivity index (χ3n) is 3.37. The van der Waals surface area contributed by atoms with E-state index in [0.717, 1.165) is 0 Å². The van der Waals surface area contributed by atoms with Crippen LogP contribution in [0.1, 0.15) is 13.8 Å². The van der Waals surface area contributed by atoms with Crippen LogP contribution in [-0.4, -0.2) is 58.9 Å². The normalized spacial score (nSPS) is 16.7. The molecule has 6 nitrogen and oxygen atoms in total. The largest absolute Gasteiger partial charge is 0.480 e. The van der Waals surface area contributed by atoms with E-state index in [1.165, 1.54) is 22.9 Å². The summed E-state index contributed by atoms with van der Waals surface area (Å²) in [7, 11) is 1.50. The minimum atomic E-state index is -1.01. The number of aliphatic carboxylic acids is 1. The van der Waals surface area contributed by atoms with Crippen molar-refractivity contribution in [3.8, 4) is 0 Å². The summed E-state index contributed by atoms with van der Waals surface area (Å²) >= 11 is 0. The lowest BCUT2D eigenvalue weighted by atomic mass is 9.95. The molecule has 0 bridgehead atoms. The standard InChI is InChI=1S/C13H20N2O4/c1-5-10(16)15-6-9(7-15)12(17)14(4)11(8(2)3)13(18)19/h5,8-9,11H,1,6-7H2,2-4H3,(H,18,19). The van der Waals surface area contributed by atoms with Gasteiger partial charge in [0.25, 0.3) is 0 Å². The van der Waals surface area contributed by atoms with Gasteiger partial charge in [0, 0.05) is 20.1 Å². The Balaban J connectivity index is 2.62. The zero-order chi connectivity index (χ0) is 14.7. The van der Waals surface area contributed by atoms with Crippen molar-refractivity contribution in [3.05, 3.63) is 12.7 Å². The van der Waals surface area contributed by atoms with E-state index in [1.54, 1.807) is 13.8 Å². The predicted octanol–water partition coefficient (Wildman–Crippen LogP) is 0.198. The van der Waals surface area contributed by atoms with E-state index in [2.05, 4.69) is 6.58 Å². The number of carboxylic acid groups (broad SMARTS) is 1. The highest BCUT2D eigenvalue weighted by atomic mass is 16.4. The number of likely N-dealkylation sites (N-methyl/N-ethyl adjacent to an activating group) is 1. The number of carboxylic acids is 1. The monoisotopic (exact) mass is 268 g/mol. The number of carbonyl (C=O) groups is 3. The zero-order valence-electron chi connectivity index (χ0n) is 11.5. The molecule has 6 heteroatoms. The van der Waals surface area contributed by atoms with Gasteiger partial charge in [-0.1, -0.05) is 20.4 Å². The van der Waals surface area contributed by atoms with Gasteiger partial charge >= 0.3 is 5.97 Å². The summed E-state index contributed by atoms with van der Waals surface area (Å²) in [5.41, 5.74) is 0. The molecule has 0 aromatic carbocycles. The van der Waals surface area contributed by atoms with Crippen molar-refractivity contribution in [2.75, 3.05) is 20.1 Å². The SMILES string of the molecule is C=CC(=O)N1CC(C(=O)N(C)C(C(=O)O)C(C)C)C1. The van der Waals surface area contributed by atoms with Crippen LogP contribution < -0.4 is 0 Å². The topological polar surface area (TPSA) is 77.9 Å². The third kappa shape index (κ3) is 3.13. The molecule has 1 unspecified atom stereocenters. The molecule has 0 saturated carbocycles. The molecule has 19 heavy (non-hydrogen) atoms. The summed E-state index contributed by atoms with van der Waals surface area (Å²) in [5.74, 6) is -1.92. The van der Waals surface area contributed by atoms with E-state index >= 15 is 0 Å². The van der Waals surface area contributed by atoms with Gasteiger partial charge in [0.15, 0.2) is 0 Å². The van der Waals surface area contributed by atoms with Crippen molar-refractivity contribution in [1.82, 2.24) is 9.80 Å². The Labute approximate surface area is 112 Å². The number of amides is 2. The van der Waals surface area contributed by atoms with Gasteiger partial charge in [-0.05, 0) is 12.0 Å². The van der Waals surface area contributed by atoms with Crippen molar-refractivity contribution in [2.45, 2.75) is 19.9 Å². The first-order valence-electron chi connectivity index (χ1n) is 6.20. The second kappa shape index (κ2) is 5.86. The molecular weight excluding hydrogens is 248 g/mol. The van der Waals surface area contributed by atoms with Gasteiger partial charge in [-0.25, -0.2) is 4.79 Å². The molecule has 2 amide bonds. The first-order valence-corrected chi connectivity index (χ1v) is 6.20. The molecule has 1 heterocycles. The minimum absolute atomic E-state index is 0.169. The summed E-state index contributed by atoms with van der Waals surface area (Å²) < 4.78 is 0. The molecule has 106 valence electrons. The maximum Gasteiger partial charge on any atom is 0.326 e. The van der Waals surface area contributed by atoms with E-state index in [9.17, 15) is 14.4 Å². The molecule has 1 saturated heterocycles. The maximum atomic E-state index is 12.1. The van der Waals surface area contributed by atoms with Crippen molar-refractivity contribution >= 4 is 17.8 Å². The molecular formula is C13H20N2O4. The van der Waals surface area contributed by atoms with Crippen molar-refractivity contribution in [2.24, 2.45) is 11.8 Å². The quantitative estimate of drug-likeness (QED) is 0.722. The Morgan fingerprint density at radius 2 is 1.89 bits per heavy atom. The van der Waals surface area contributed by atoms with Crippen LogP contribution in [0.2, 0.25) is 0 Å². The number of likely N-dealkylation sites (tertiary alicyclic amines) is 1. The Kier molecular flexibility index (Phi) is 4.69. The molecule has 1 rings (SSSR count). The maximum absolute atomic E-state index is 12.1. The highest BCUT2D eigenvalue weighted by Gasteiger charge is 2.39. The average Bonchev–Trinajstić information content (AvgIpc) is 2.25. The van der Waals surface area contributed by atoms with Gasteiger partial charge < -0.3 is 14.9 Å². The van der Waals surface area contributed by atoms with Crippen LogP contribution in [-0.2, 0) is 14.4 Å². The van der Waals surface area contributed by atoms with Crippen LogP contribution in [0.5, 0.6) is 0 Å². The summed E-state index contributed by atoms with van der Waals surface area (Å²) in [6.45, 7) is 7.56. The highest BCUT2D eigenvalue weighted by Crippen LogP contribution is 2.21. The van der Waals surface area contributed by atoms with Crippen LogP contribution in [0.15, 0.2) is 12.7 Å². The van der Waals surface area contributed by atoms with Gasteiger partial charge in [-0.15, -0.1) is 0 Å². The molecule has 1 aliphatic heterocycles. The summed E-state index contributed by atoms with van der Waals surface area (Å²) in [4.78, 5) is 37.3. The number of rotatable bonds is 5. The Bertz CT molecular complexity index is 399. The van der Waals surface area contributed by atoms with Crippen LogP contribution >= 0.6 is 0 Å². The van der Waals surface area contributed by atoms with Gasteiger partial charge in [0.1, 0.15) is 6.04 Å². The molecule has 0 aromatic rings. The van der Waals surface area contributed by atoms with Crippen molar-refractivity contribution in [3.63, 3.8) is 0 Å². The molecule has 1 atom stereocenters. The number of carbonyl (C=O) groups excluding carboxylic acids is 2. The van der Waals surface area contributed by atoms with Crippen molar-refractivity contribution in [1.29, 1.82) is 0 Å². The number of hydrogen-bond donors (Lipinski definition) is 1. The molecule has 1 aliphatic rings. The molecule has 0 aromatic heterocycles. The highest BCUT2D eigenvalue weighted by molar-refractivity contribution is 5.91. The molecule has 0 radical (unpaired) electrons. The lowest BCUT2D eigenvalue weighted by Gasteiger charge is -2.40. The smallest absolute Gasteiger partial charge is 0.326 e. The van der Waals surface area contributed by atoms with Gasteiger partial charge in [0.05, 0.1) is 5.92 Å². The van der Waals surface area contributed by atoms with Gasteiger partial charge in [-0.3, -0.25) is 9.59 Å². The molecule has 1 fully saturated rings. The van der Waals surface area contributed by atoms with Gasteiger partial charge in [-0.2, -0.15) is 0 Å². The summed E-state index contributed by atoms with van der Waals surface area (Å²) in [6.07, 6.45) is 1.21.